The highest BCUT2D eigenvalue weighted by Crippen LogP contribution is 2.28. The average Bonchev–Trinajstić information content (AvgIpc) is 3.03. The van der Waals surface area contributed by atoms with Gasteiger partial charge in [0.1, 0.15) is 12.4 Å². The van der Waals surface area contributed by atoms with Crippen LogP contribution in [0, 0.1) is 0 Å². The fourth-order valence-electron chi connectivity index (χ4n) is 4.13. The second-order valence-electron chi connectivity index (χ2n) is 9.02. The summed E-state index contributed by atoms with van der Waals surface area (Å²) in [5, 5.41) is 4.96. The molecule has 4 aromatic carbocycles. The number of amides is 1. The molecule has 212 valence electrons. The lowest BCUT2D eigenvalue weighted by Crippen LogP contribution is -2.24. The molecule has 0 saturated heterocycles. The van der Waals surface area contributed by atoms with E-state index in [0.29, 0.717) is 45.6 Å². The molecule has 1 heterocycles. The maximum Gasteiger partial charge on any atom is 0.266 e. The first kappa shape index (κ1) is 28.4. The van der Waals surface area contributed by atoms with Gasteiger partial charge in [-0.15, -0.1) is 0 Å². The van der Waals surface area contributed by atoms with Gasteiger partial charge in [-0.3, -0.25) is 14.2 Å². The van der Waals surface area contributed by atoms with Crippen molar-refractivity contribution in [1.29, 1.82) is 0 Å². The first-order chi connectivity index (χ1) is 20.6. The number of para-hydroxylation sites is 1. The van der Waals surface area contributed by atoms with Crippen LogP contribution in [0.25, 0.3) is 16.6 Å². The standard InChI is InChI=1S/C32H28N4O5S/c1-39-25-15-13-24(14-16-25)36-31(38)26-10-6-7-11-27(26)34-32(36)42-21-30(37)35-33-19-23-12-17-28(29(18-23)40-2)41-20-22-8-4-3-5-9-22/h3-19H,20-21H2,1-2H3,(H,35,37)/b33-19+. The summed E-state index contributed by atoms with van der Waals surface area (Å²) in [5.74, 6) is 1.46. The van der Waals surface area contributed by atoms with Crippen LogP contribution < -0.4 is 25.2 Å². The average molecular weight is 581 g/mol. The number of ether oxygens (including phenoxy) is 3. The van der Waals surface area contributed by atoms with Crippen LogP contribution in [0.1, 0.15) is 11.1 Å². The molecular formula is C32H28N4O5S. The number of thioether (sulfide) groups is 1. The maximum atomic E-state index is 13.4. The van der Waals surface area contributed by atoms with Gasteiger partial charge in [-0.1, -0.05) is 54.2 Å². The Morgan fingerprint density at radius 2 is 1.69 bits per heavy atom. The van der Waals surface area contributed by atoms with Crippen LogP contribution in [0.15, 0.2) is 112 Å². The smallest absolute Gasteiger partial charge is 0.266 e. The Bertz CT molecular complexity index is 1770. The largest absolute Gasteiger partial charge is 0.497 e. The molecule has 0 aliphatic heterocycles. The molecule has 0 spiro atoms. The molecule has 0 aliphatic rings. The molecule has 0 unspecified atom stereocenters. The van der Waals surface area contributed by atoms with E-state index in [9.17, 15) is 9.59 Å². The van der Waals surface area contributed by atoms with Gasteiger partial charge in [0.2, 0.25) is 0 Å². The molecule has 0 bridgehead atoms. The van der Waals surface area contributed by atoms with Crippen LogP contribution >= 0.6 is 11.8 Å². The number of methoxy groups -OCH3 is 2. The van der Waals surface area contributed by atoms with E-state index in [1.54, 1.807) is 68.8 Å². The molecule has 9 nitrogen and oxygen atoms in total. The van der Waals surface area contributed by atoms with E-state index in [0.717, 1.165) is 22.9 Å². The Balaban J connectivity index is 1.25. The number of carbonyl (C=O) groups excluding carboxylic acids is 1. The van der Waals surface area contributed by atoms with Crippen LogP contribution in [0.5, 0.6) is 17.2 Å². The van der Waals surface area contributed by atoms with Gasteiger partial charge in [-0.05, 0) is 65.7 Å². The van der Waals surface area contributed by atoms with Crippen molar-refractivity contribution >= 4 is 34.8 Å². The maximum absolute atomic E-state index is 13.4. The van der Waals surface area contributed by atoms with Crippen molar-refractivity contribution in [3.05, 3.63) is 119 Å². The van der Waals surface area contributed by atoms with Crippen LogP contribution in [0.3, 0.4) is 0 Å². The van der Waals surface area contributed by atoms with Crippen LogP contribution in [0.2, 0.25) is 0 Å². The molecule has 5 rings (SSSR count). The number of rotatable bonds is 11. The summed E-state index contributed by atoms with van der Waals surface area (Å²) in [6.45, 7) is 0.413. The highest BCUT2D eigenvalue weighted by atomic mass is 32.2. The molecule has 5 aromatic rings. The molecule has 0 aliphatic carbocycles. The second kappa shape index (κ2) is 13.5. The first-order valence-corrected chi connectivity index (χ1v) is 14.0. The Hall–Kier alpha value is -5.09. The quantitative estimate of drug-likeness (QED) is 0.0988. The molecule has 1 N–H and O–H groups in total. The van der Waals surface area contributed by atoms with Crippen molar-refractivity contribution < 1.29 is 19.0 Å². The van der Waals surface area contributed by atoms with Crippen LogP contribution in [-0.2, 0) is 11.4 Å². The number of nitrogens with zero attached hydrogens (tertiary/aromatic N) is 3. The van der Waals surface area contributed by atoms with Crippen LogP contribution in [-0.4, -0.2) is 41.6 Å². The summed E-state index contributed by atoms with van der Waals surface area (Å²) in [7, 11) is 3.14. The monoisotopic (exact) mass is 580 g/mol. The van der Waals surface area contributed by atoms with E-state index >= 15 is 0 Å². The van der Waals surface area contributed by atoms with E-state index in [1.807, 2.05) is 42.5 Å². The molecule has 1 amide bonds. The fraction of sp³-hybridized carbons (Fsp3) is 0.125. The SMILES string of the molecule is COc1ccc(-n2c(SCC(=O)N/N=C/c3ccc(OCc4ccccc4)c(OC)c3)nc3ccccc3c2=O)cc1. The number of benzene rings is 4. The van der Waals surface area contributed by atoms with Gasteiger partial charge in [-0.2, -0.15) is 5.10 Å². The van der Waals surface area contributed by atoms with Gasteiger partial charge in [-0.25, -0.2) is 10.4 Å². The van der Waals surface area contributed by atoms with Crippen molar-refractivity contribution in [1.82, 2.24) is 15.0 Å². The molecule has 0 saturated carbocycles. The van der Waals surface area contributed by atoms with Gasteiger partial charge >= 0.3 is 0 Å². The summed E-state index contributed by atoms with van der Waals surface area (Å²) in [5.41, 5.74) is 5.24. The lowest BCUT2D eigenvalue weighted by molar-refractivity contribution is -0.118. The second-order valence-corrected chi connectivity index (χ2v) is 9.96. The van der Waals surface area contributed by atoms with E-state index in [1.165, 1.54) is 10.8 Å². The number of hydrogen-bond donors (Lipinski definition) is 1. The molecule has 1 aromatic heterocycles. The molecule has 0 radical (unpaired) electrons. The van der Waals surface area contributed by atoms with Gasteiger partial charge in [0.05, 0.1) is 42.8 Å². The lowest BCUT2D eigenvalue weighted by Gasteiger charge is -2.13. The van der Waals surface area contributed by atoms with Gasteiger partial charge < -0.3 is 14.2 Å². The zero-order chi connectivity index (χ0) is 29.3. The van der Waals surface area contributed by atoms with E-state index < -0.39 is 0 Å². The molecule has 0 fully saturated rings. The third-order valence-electron chi connectivity index (χ3n) is 6.24. The highest BCUT2D eigenvalue weighted by Gasteiger charge is 2.15. The summed E-state index contributed by atoms with van der Waals surface area (Å²) in [6, 6.07) is 29.4. The molecule has 0 atom stereocenters. The minimum Gasteiger partial charge on any atom is -0.497 e. The van der Waals surface area contributed by atoms with Crippen LogP contribution in [0.4, 0.5) is 0 Å². The summed E-state index contributed by atoms with van der Waals surface area (Å²) in [4.78, 5) is 30.7. The number of nitrogens with one attached hydrogen (secondary N) is 1. The summed E-state index contributed by atoms with van der Waals surface area (Å²) in [6.07, 6.45) is 1.52. The zero-order valence-corrected chi connectivity index (χ0v) is 23.8. The Morgan fingerprint density at radius 1 is 0.929 bits per heavy atom. The van der Waals surface area contributed by atoms with Crippen molar-refractivity contribution in [3.63, 3.8) is 0 Å². The van der Waals surface area contributed by atoms with Gasteiger partial charge in [0.15, 0.2) is 16.7 Å². The van der Waals surface area contributed by atoms with Crippen molar-refractivity contribution in [2.24, 2.45) is 5.10 Å². The third-order valence-corrected chi connectivity index (χ3v) is 7.17. The lowest BCUT2D eigenvalue weighted by atomic mass is 10.2. The molecule has 10 heteroatoms. The predicted molar refractivity (Wildman–Crippen MR) is 164 cm³/mol. The summed E-state index contributed by atoms with van der Waals surface area (Å²) >= 11 is 1.14. The number of fused-ring (bicyclic) bond motifs is 1. The number of hydrogen-bond acceptors (Lipinski definition) is 8. The zero-order valence-electron chi connectivity index (χ0n) is 23.0. The van der Waals surface area contributed by atoms with Crippen molar-refractivity contribution in [2.75, 3.05) is 20.0 Å². The van der Waals surface area contributed by atoms with Crippen molar-refractivity contribution in [3.8, 4) is 22.9 Å². The summed E-state index contributed by atoms with van der Waals surface area (Å²) < 4.78 is 18.1. The fourth-order valence-corrected chi connectivity index (χ4v) is 4.93. The van der Waals surface area contributed by atoms with Gasteiger partial charge in [0, 0.05) is 0 Å². The van der Waals surface area contributed by atoms with Crippen molar-refractivity contribution in [2.45, 2.75) is 11.8 Å². The normalized spacial score (nSPS) is 11.0. The molecule has 42 heavy (non-hydrogen) atoms. The minimum absolute atomic E-state index is 0.00609. The topological polar surface area (TPSA) is 104 Å². The number of carbonyl (C=O) groups is 1. The highest BCUT2D eigenvalue weighted by molar-refractivity contribution is 7.99. The third kappa shape index (κ3) is 6.79. The Labute approximate surface area is 246 Å². The molecular weight excluding hydrogens is 552 g/mol. The Kier molecular flexibility index (Phi) is 9.15. The number of aromatic nitrogens is 2. The number of hydrazone groups is 1. The first-order valence-electron chi connectivity index (χ1n) is 13.0. The predicted octanol–water partition coefficient (Wildman–Crippen LogP) is 5.22. The van der Waals surface area contributed by atoms with Gasteiger partial charge in [0.25, 0.3) is 11.5 Å². The minimum atomic E-state index is -0.352. The van der Waals surface area contributed by atoms with E-state index in [4.69, 9.17) is 14.2 Å². The van der Waals surface area contributed by atoms with E-state index in [2.05, 4.69) is 15.5 Å². The van der Waals surface area contributed by atoms with E-state index in [-0.39, 0.29) is 17.2 Å². The Morgan fingerprint density at radius 3 is 2.45 bits per heavy atom.